The Kier molecular flexibility index (Phi) is 3.65. The molecule has 0 bridgehead atoms. The van der Waals surface area contributed by atoms with Crippen molar-refractivity contribution in [2.45, 2.75) is 0 Å². The quantitative estimate of drug-likeness (QED) is 0.886. The third kappa shape index (κ3) is 2.70. The fraction of sp³-hybridized carbons (Fsp3) is 0.0588. The highest BCUT2D eigenvalue weighted by atomic mass is 19.1. The summed E-state index contributed by atoms with van der Waals surface area (Å²) >= 11 is 0. The topological polar surface area (TPSA) is 49.4 Å². The van der Waals surface area contributed by atoms with Gasteiger partial charge in [0.15, 0.2) is 0 Å². The van der Waals surface area contributed by atoms with Crippen LogP contribution in [-0.2, 0) is 9.59 Å². The molecule has 1 aliphatic rings. The van der Waals surface area contributed by atoms with Crippen LogP contribution in [0.1, 0.15) is 5.56 Å². The van der Waals surface area contributed by atoms with E-state index in [1.54, 1.807) is 0 Å². The van der Waals surface area contributed by atoms with Crippen LogP contribution in [0.2, 0.25) is 0 Å². The standard InChI is InChI=1S/C17H12F2N2O2/c1-21-16(22)14(10-2-4-11(18)5-3-10)15(17(21)23)20-13-8-6-12(19)7-9-13/h2-9,20H,1H3. The molecule has 0 atom stereocenters. The lowest BCUT2D eigenvalue weighted by atomic mass is 10.0. The predicted molar refractivity (Wildman–Crippen MR) is 81.1 cm³/mol. The van der Waals surface area contributed by atoms with Crippen molar-refractivity contribution in [3.63, 3.8) is 0 Å². The maximum Gasteiger partial charge on any atom is 0.277 e. The number of benzene rings is 2. The van der Waals surface area contributed by atoms with Gasteiger partial charge in [-0.3, -0.25) is 14.5 Å². The van der Waals surface area contributed by atoms with E-state index in [2.05, 4.69) is 5.32 Å². The molecule has 0 aliphatic carbocycles. The molecule has 0 saturated heterocycles. The molecule has 2 aromatic rings. The van der Waals surface area contributed by atoms with E-state index in [1.807, 2.05) is 0 Å². The minimum absolute atomic E-state index is 0.0794. The van der Waals surface area contributed by atoms with Gasteiger partial charge >= 0.3 is 0 Å². The van der Waals surface area contributed by atoms with Crippen LogP contribution in [0.5, 0.6) is 0 Å². The molecule has 2 aromatic carbocycles. The number of hydrogen-bond donors (Lipinski definition) is 1. The molecule has 0 spiro atoms. The Hall–Kier alpha value is -3.02. The molecule has 4 nitrogen and oxygen atoms in total. The van der Waals surface area contributed by atoms with Gasteiger partial charge in [0.1, 0.15) is 17.3 Å². The number of nitrogens with zero attached hydrogens (tertiary/aromatic N) is 1. The Bertz CT molecular complexity index is 811. The van der Waals surface area contributed by atoms with Gasteiger partial charge in [-0.05, 0) is 42.0 Å². The molecule has 116 valence electrons. The highest BCUT2D eigenvalue weighted by Crippen LogP contribution is 2.29. The van der Waals surface area contributed by atoms with Crippen LogP contribution < -0.4 is 5.32 Å². The monoisotopic (exact) mass is 314 g/mol. The zero-order chi connectivity index (χ0) is 16.6. The summed E-state index contributed by atoms with van der Waals surface area (Å²) < 4.78 is 26.1. The van der Waals surface area contributed by atoms with E-state index in [0.29, 0.717) is 11.3 Å². The molecule has 1 N–H and O–H groups in total. The Morgan fingerprint density at radius 1 is 0.826 bits per heavy atom. The van der Waals surface area contributed by atoms with Crippen LogP contribution in [0.4, 0.5) is 14.5 Å². The molecule has 23 heavy (non-hydrogen) atoms. The Morgan fingerprint density at radius 2 is 1.35 bits per heavy atom. The number of halogens is 2. The highest BCUT2D eigenvalue weighted by Gasteiger charge is 2.36. The molecule has 2 amide bonds. The smallest absolute Gasteiger partial charge is 0.277 e. The van der Waals surface area contributed by atoms with E-state index in [4.69, 9.17) is 0 Å². The maximum atomic E-state index is 13.1. The number of likely N-dealkylation sites (N-methyl/N-ethyl adjacent to an activating group) is 1. The van der Waals surface area contributed by atoms with Crippen LogP contribution in [-0.4, -0.2) is 23.8 Å². The molecule has 0 radical (unpaired) electrons. The normalized spacial score (nSPS) is 14.7. The second-order valence-electron chi connectivity index (χ2n) is 5.06. The lowest BCUT2D eigenvalue weighted by Crippen LogP contribution is -2.27. The van der Waals surface area contributed by atoms with Gasteiger partial charge in [-0.1, -0.05) is 12.1 Å². The van der Waals surface area contributed by atoms with Crippen molar-refractivity contribution in [1.29, 1.82) is 0 Å². The largest absolute Gasteiger partial charge is 0.350 e. The predicted octanol–water partition coefficient (Wildman–Crippen LogP) is 2.79. The summed E-state index contributed by atoms with van der Waals surface area (Å²) in [4.78, 5) is 25.6. The van der Waals surface area contributed by atoms with Gasteiger partial charge < -0.3 is 5.32 Å². The number of hydrogen-bond acceptors (Lipinski definition) is 3. The lowest BCUT2D eigenvalue weighted by Gasteiger charge is -2.08. The van der Waals surface area contributed by atoms with Crippen molar-refractivity contribution in [2.75, 3.05) is 12.4 Å². The molecule has 0 unspecified atom stereocenters. The molecule has 6 heteroatoms. The number of imide groups is 1. The van der Waals surface area contributed by atoms with Crippen LogP contribution >= 0.6 is 0 Å². The van der Waals surface area contributed by atoms with E-state index in [9.17, 15) is 18.4 Å². The van der Waals surface area contributed by atoms with Crippen LogP contribution in [0.15, 0.2) is 54.2 Å². The number of anilines is 1. The molecule has 1 heterocycles. The first-order valence-electron chi connectivity index (χ1n) is 6.82. The van der Waals surface area contributed by atoms with Gasteiger partial charge in [-0.25, -0.2) is 8.78 Å². The van der Waals surface area contributed by atoms with Gasteiger partial charge in [-0.15, -0.1) is 0 Å². The summed E-state index contributed by atoms with van der Waals surface area (Å²) in [6, 6.07) is 10.7. The van der Waals surface area contributed by atoms with E-state index in [0.717, 1.165) is 4.90 Å². The fourth-order valence-electron chi connectivity index (χ4n) is 2.32. The highest BCUT2D eigenvalue weighted by molar-refractivity contribution is 6.36. The van der Waals surface area contributed by atoms with E-state index < -0.39 is 23.4 Å². The zero-order valence-electron chi connectivity index (χ0n) is 12.1. The van der Waals surface area contributed by atoms with Gasteiger partial charge in [0, 0.05) is 12.7 Å². The summed E-state index contributed by atoms with van der Waals surface area (Å²) in [6.45, 7) is 0. The minimum Gasteiger partial charge on any atom is -0.350 e. The molecule has 1 aliphatic heterocycles. The molecule has 3 rings (SSSR count). The molecule has 0 saturated carbocycles. The summed E-state index contributed by atoms with van der Waals surface area (Å²) in [7, 11) is 1.37. The molecular formula is C17H12F2N2O2. The van der Waals surface area contributed by atoms with E-state index in [-0.39, 0.29) is 11.3 Å². The van der Waals surface area contributed by atoms with Gasteiger partial charge in [-0.2, -0.15) is 0 Å². The number of amides is 2. The lowest BCUT2D eigenvalue weighted by molar-refractivity contribution is -0.135. The van der Waals surface area contributed by atoms with Gasteiger partial charge in [0.05, 0.1) is 5.57 Å². The summed E-state index contributed by atoms with van der Waals surface area (Å²) in [5.74, 6) is -1.83. The van der Waals surface area contributed by atoms with Crippen LogP contribution in [0, 0.1) is 11.6 Å². The second kappa shape index (κ2) is 5.64. The SMILES string of the molecule is CN1C(=O)C(Nc2ccc(F)cc2)=C(c2ccc(F)cc2)C1=O. The van der Waals surface area contributed by atoms with Crippen LogP contribution in [0.3, 0.4) is 0 Å². The minimum atomic E-state index is -0.501. The van der Waals surface area contributed by atoms with E-state index >= 15 is 0 Å². The first-order valence-corrected chi connectivity index (χ1v) is 6.82. The molecular weight excluding hydrogens is 302 g/mol. The third-order valence-corrected chi connectivity index (χ3v) is 3.53. The Labute approximate surface area is 131 Å². The first-order chi connectivity index (χ1) is 11.0. The maximum absolute atomic E-state index is 13.1. The summed E-state index contributed by atoms with van der Waals surface area (Å²) in [5, 5.41) is 2.85. The first kappa shape index (κ1) is 14.9. The second-order valence-corrected chi connectivity index (χ2v) is 5.06. The summed E-state index contributed by atoms with van der Waals surface area (Å²) in [6.07, 6.45) is 0. The van der Waals surface area contributed by atoms with Crippen molar-refractivity contribution in [3.8, 4) is 0 Å². The number of nitrogens with one attached hydrogen (secondary N) is 1. The van der Waals surface area contributed by atoms with Gasteiger partial charge in [0.25, 0.3) is 11.8 Å². The number of rotatable bonds is 3. The van der Waals surface area contributed by atoms with Crippen molar-refractivity contribution >= 4 is 23.1 Å². The Morgan fingerprint density at radius 3 is 1.91 bits per heavy atom. The number of carbonyl (C=O) groups is 2. The fourth-order valence-corrected chi connectivity index (χ4v) is 2.32. The Balaban J connectivity index is 2.06. The van der Waals surface area contributed by atoms with Crippen molar-refractivity contribution in [3.05, 3.63) is 71.4 Å². The van der Waals surface area contributed by atoms with Crippen LogP contribution in [0.25, 0.3) is 5.57 Å². The number of carbonyl (C=O) groups excluding carboxylic acids is 2. The third-order valence-electron chi connectivity index (χ3n) is 3.53. The average Bonchev–Trinajstić information content (AvgIpc) is 2.75. The van der Waals surface area contributed by atoms with Gasteiger partial charge in [0.2, 0.25) is 0 Å². The molecule has 0 fully saturated rings. The van der Waals surface area contributed by atoms with Crippen molar-refractivity contribution in [2.24, 2.45) is 0 Å². The van der Waals surface area contributed by atoms with Crippen molar-refractivity contribution < 1.29 is 18.4 Å². The average molecular weight is 314 g/mol. The molecule has 0 aromatic heterocycles. The van der Waals surface area contributed by atoms with E-state index in [1.165, 1.54) is 55.6 Å². The summed E-state index contributed by atoms with van der Waals surface area (Å²) in [5.41, 5.74) is 1.13. The van der Waals surface area contributed by atoms with Crippen molar-refractivity contribution in [1.82, 2.24) is 4.90 Å². The zero-order valence-corrected chi connectivity index (χ0v) is 12.1.